The van der Waals surface area contributed by atoms with E-state index in [4.69, 9.17) is 4.74 Å². The van der Waals surface area contributed by atoms with Gasteiger partial charge in [0.05, 0.1) is 5.41 Å². The lowest BCUT2D eigenvalue weighted by atomic mass is 9.65. The highest BCUT2D eigenvalue weighted by atomic mass is 31.2. The molecule has 62 heavy (non-hydrogen) atoms. The van der Waals surface area contributed by atoms with Gasteiger partial charge < -0.3 is 13.9 Å². The fourth-order valence-corrected chi connectivity index (χ4v) is 15.6. The van der Waals surface area contributed by atoms with Crippen LogP contribution in [0.15, 0.2) is 231 Å². The number of ether oxygens (including phenoxy) is 1. The third-order valence-corrected chi connectivity index (χ3v) is 19.2. The van der Waals surface area contributed by atoms with Crippen LogP contribution in [0.4, 0.5) is 0 Å². The van der Waals surface area contributed by atoms with E-state index in [1.54, 1.807) is 0 Å². The largest absolute Gasteiger partial charge is 0.455 e. The van der Waals surface area contributed by atoms with Crippen LogP contribution in [0.25, 0.3) is 32.7 Å². The predicted molar refractivity (Wildman–Crippen MR) is 258 cm³/mol. The van der Waals surface area contributed by atoms with Crippen molar-refractivity contribution < 1.29 is 13.9 Å². The molecule has 0 amide bonds. The Morgan fingerprint density at radius 2 is 0.645 bits per heavy atom. The molecule has 3 nitrogen and oxygen atoms in total. The van der Waals surface area contributed by atoms with E-state index in [1.807, 2.05) is 121 Å². The molecule has 0 radical (unpaired) electrons. The van der Waals surface area contributed by atoms with E-state index >= 15 is 9.13 Å². The van der Waals surface area contributed by atoms with E-state index in [0.29, 0.717) is 0 Å². The molecule has 1 aliphatic heterocycles. The van der Waals surface area contributed by atoms with Crippen LogP contribution in [0.3, 0.4) is 0 Å². The molecule has 0 N–H and O–H groups in total. The summed E-state index contributed by atoms with van der Waals surface area (Å²) in [5, 5.41) is 8.73. The molecule has 0 fully saturated rings. The number of fused-ring (bicyclic) bond motifs is 13. The Labute approximate surface area is 360 Å². The maximum absolute atomic E-state index is 16.2. The lowest BCUT2D eigenvalue weighted by molar-refractivity contribution is 0.447. The van der Waals surface area contributed by atoms with Crippen molar-refractivity contribution in [1.29, 1.82) is 0 Å². The van der Waals surface area contributed by atoms with Crippen LogP contribution >= 0.6 is 14.3 Å². The second kappa shape index (κ2) is 14.0. The van der Waals surface area contributed by atoms with Crippen molar-refractivity contribution in [2.75, 3.05) is 0 Å². The van der Waals surface area contributed by atoms with Crippen molar-refractivity contribution in [3.05, 3.63) is 253 Å². The maximum atomic E-state index is 16.2. The van der Waals surface area contributed by atoms with Gasteiger partial charge in [0.1, 0.15) is 11.5 Å². The van der Waals surface area contributed by atoms with Crippen molar-refractivity contribution in [2.45, 2.75) is 5.41 Å². The minimum atomic E-state index is -3.41. The van der Waals surface area contributed by atoms with Crippen LogP contribution in [0.1, 0.15) is 22.3 Å². The van der Waals surface area contributed by atoms with Gasteiger partial charge in [0.25, 0.3) is 0 Å². The molecule has 1 spiro atoms. The summed E-state index contributed by atoms with van der Waals surface area (Å²) >= 11 is 0. The molecule has 294 valence electrons. The summed E-state index contributed by atoms with van der Waals surface area (Å²) in [5.41, 5.74) is 5.10. The molecule has 10 aromatic rings. The lowest BCUT2D eigenvalue weighted by Gasteiger charge is -2.40. The summed E-state index contributed by atoms with van der Waals surface area (Å²) < 4.78 is 39.8. The van der Waals surface area contributed by atoms with Crippen molar-refractivity contribution in [2.24, 2.45) is 0 Å². The average molecular weight is 833 g/mol. The predicted octanol–water partition coefficient (Wildman–Crippen LogP) is 11.7. The van der Waals surface area contributed by atoms with Gasteiger partial charge in [-0.25, -0.2) is 0 Å². The normalized spacial score (nSPS) is 13.5. The van der Waals surface area contributed by atoms with Crippen molar-refractivity contribution >= 4 is 67.7 Å². The third kappa shape index (κ3) is 5.13. The number of benzene rings is 10. The number of rotatable bonds is 6. The molecule has 0 atom stereocenters. The van der Waals surface area contributed by atoms with Crippen molar-refractivity contribution in [1.82, 2.24) is 0 Å². The lowest BCUT2D eigenvalue weighted by Crippen LogP contribution is -2.35. The van der Waals surface area contributed by atoms with Crippen LogP contribution in [-0.2, 0) is 14.5 Å². The van der Waals surface area contributed by atoms with Crippen LogP contribution in [0.5, 0.6) is 11.5 Å². The maximum Gasteiger partial charge on any atom is 0.171 e. The monoisotopic (exact) mass is 832 g/mol. The SMILES string of the molecule is O=P(c1ccccc1)(c1ccccc1)c1ccc2c(c1)C1(c3cc(P(=O)(c4ccccc4)c4ccccc4)ccc3-2)c2ccc3ccccc3c2Oc2c1ccc1ccccc21. The first-order valence-corrected chi connectivity index (χ1v) is 24.4. The summed E-state index contributed by atoms with van der Waals surface area (Å²) in [5.74, 6) is 1.57. The van der Waals surface area contributed by atoms with Gasteiger partial charge in [0, 0.05) is 53.7 Å². The first kappa shape index (κ1) is 36.8. The second-order valence-corrected chi connectivity index (χ2v) is 21.7. The van der Waals surface area contributed by atoms with Gasteiger partial charge in [-0.3, -0.25) is 0 Å². The standard InChI is InChI=1S/C57H38O3P2/c58-61(41-19-5-1-6-20-41,42-21-7-2-8-22-42)45-31-33-49-50-34-32-46(62(59,43-23-9-3-10-24-43)44-25-11-4-12-26-44)38-54(50)57(53(49)37-45)51-35-29-39-17-13-15-27-47(39)55(51)60-56-48-28-16-14-18-40(48)30-36-52(56)57/h1-38H. The van der Waals surface area contributed by atoms with Crippen LogP contribution in [0, 0.1) is 0 Å². The molecular formula is C57H38O3P2. The van der Waals surface area contributed by atoms with E-state index in [2.05, 4.69) is 109 Å². The molecule has 0 bridgehead atoms. The summed E-state index contributed by atoms with van der Waals surface area (Å²) in [6.07, 6.45) is 0. The van der Waals surface area contributed by atoms with Gasteiger partial charge in [-0.15, -0.1) is 0 Å². The zero-order valence-corrected chi connectivity index (χ0v) is 35.3. The first-order chi connectivity index (χ1) is 30.5. The Morgan fingerprint density at radius 3 is 1.02 bits per heavy atom. The summed E-state index contributed by atoms with van der Waals surface area (Å²) in [7, 11) is -6.82. The smallest absolute Gasteiger partial charge is 0.171 e. The molecular weight excluding hydrogens is 795 g/mol. The molecule has 10 aromatic carbocycles. The summed E-state index contributed by atoms with van der Waals surface area (Å²) in [6, 6.07) is 78.0. The fraction of sp³-hybridized carbons (Fsp3) is 0.0175. The van der Waals surface area contributed by atoms with Crippen molar-refractivity contribution in [3.8, 4) is 22.6 Å². The second-order valence-electron chi connectivity index (χ2n) is 16.2. The molecule has 2 aliphatic rings. The highest BCUT2D eigenvalue weighted by molar-refractivity contribution is 7.85. The fourth-order valence-electron chi connectivity index (χ4n) is 10.3. The molecule has 0 aromatic heterocycles. The van der Waals surface area contributed by atoms with E-state index in [0.717, 1.165) is 98.3 Å². The highest BCUT2D eigenvalue weighted by Crippen LogP contribution is 2.64. The average Bonchev–Trinajstić information content (AvgIpc) is 3.63. The Hall–Kier alpha value is -7.02. The van der Waals surface area contributed by atoms with Crippen molar-refractivity contribution in [3.63, 3.8) is 0 Å². The topological polar surface area (TPSA) is 43.4 Å². The molecule has 5 heteroatoms. The number of hydrogen-bond donors (Lipinski definition) is 0. The van der Waals surface area contributed by atoms with Gasteiger partial charge in [0.2, 0.25) is 0 Å². The van der Waals surface area contributed by atoms with E-state index in [-0.39, 0.29) is 0 Å². The number of hydrogen-bond acceptors (Lipinski definition) is 3. The molecule has 1 heterocycles. The minimum Gasteiger partial charge on any atom is -0.455 e. The molecule has 0 saturated carbocycles. The molecule has 0 saturated heterocycles. The van der Waals surface area contributed by atoms with Crippen LogP contribution in [-0.4, -0.2) is 0 Å². The quantitative estimate of drug-likeness (QED) is 0.157. The Kier molecular flexibility index (Phi) is 8.32. The van der Waals surface area contributed by atoms with E-state index in [1.165, 1.54) is 0 Å². The molecule has 0 unspecified atom stereocenters. The molecule has 1 aliphatic carbocycles. The molecule has 12 rings (SSSR count). The Balaban J connectivity index is 1.24. The van der Waals surface area contributed by atoms with E-state index < -0.39 is 19.7 Å². The van der Waals surface area contributed by atoms with E-state index in [9.17, 15) is 0 Å². The Morgan fingerprint density at radius 1 is 0.306 bits per heavy atom. The third-order valence-electron chi connectivity index (χ3n) is 13.1. The van der Waals surface area contributed by atoms with Gasteiger partial charge in [-0.2, -0.15) is 0 Å². The summed E-state index contributed by atoms with van der Waals surface area (Å²) in [4.78, 5) is 0. The Bertz CT molecular complexity index is 3170. The van der Waals surface area contributed by atoms with Crippen LogP contribution in [0.2, 0.25) is 0 Å². The van der Waals surface area contributed by atoms with Gasteiger partial charge >= 0.3 is 0 Å². The van der Waals surface area contributed by atoms with Gasteiger partial charge in [-0.05, 0) is 45.2 Å². The highest BCUT2D eigenvalue weighted by Gasteiger charge is 2.53. The van der Waals surface area contributed by atoms with Gasteiger partial charge in [-0.1, -0.05) is 218 Å². The summed E-state index contributed by atoms with van der Waals surface area (Å²) in [6.45, 7) is 0. The van der Waals surface area contributed by atoms with Gasteiger partial charge in [0.15, 0.2) is 14.3 Å². The zero-order valence-electron chi connectivity index (χ0n) is 33.6. The minimum absolute atomic E-state index is 0.747. The van der Waals surface area contributed by atoms with Crippen LogP contribution < -0.4 is 36.6 Å². The first-order valence-electron chi connectivity index (χ1n) is 21.0. The zero-order chi connectivity index (χ0) is 41.5.